The lowest BCUT2D eigenvalue weighted by Crippen LogP contribution is -2.44. The molecule has 0 aliphatic carbocycles. The lowest BCUT2D eigenvalue weighted by Gasteiger charge is -2.36. The molecule has 212 valence electrons. The molecule has 11 heteroatoms. The number of benzene rings is 1. The summed E-state index contributed by atoms with van der Waals surface area (Å²) in [5.41, 5.74) is -1.06. The third-order valence-electron chi connectivity index (χ3n) is 7.88. The van der Waals surface area contributed by atoms with Gasteiger partial charge >= 0.3 is 5.97 Å². The molecule has 2 fully saturated rings. The quantitative estimate of drug-likeness (QED) is 0.465. The van der Waals surface area contributed by atoms with Gasteiger partial charge in [0.25, 0.3) is 5.91 Å². The number of piperidine rings is 1. The van der Waals surface area contributed by atoms with E-state index in [0.29, 0.717) is 43.2 Å². The van der Waals surface area contributed by atoms with E-state index in [1.165, 1.54) is 24.5 Å². The first kappa shape index (κ1) is 28.8. The van der Waals surface area contributed by atoms with E-state index in [0.717, 1.165) is 36.9 Å². The number of ether oxygens (including phenoxy) is 1. The minimum Gasteiger partial charge on any atom is -0.490 e. The number of hydrogen-bond acceptors (Lipinski definition) is 7. The molecule has 0 radical (unpaired) electrons. The minimum absolute atomic E-state index is 0.0973. The smallest absolute Gasteiger partial charge is 0.326 e. The number of nitrogens with zero attached hydrogens (tertiary/aromatic N) is 4. The molecule has 2 aliphatic rings. The van der Waals surface area contributed by atoms with Crippen LogP contribution in [0.15, 0.2) is 30.6 Å². The van der Waals surface area contributed by atoms with Crippen LogP contribution in [-0.4, -0.2) is 92.5 Å². The third-order valence-corrected chi connectivity index (χ3v) is 7.88. The Hall–Kier alpha value is -3.18. The molecular formula is C28H36F2N4O5. The predicted molar refractivity (Wildman–Crippen MR) is 140 cm³/mol. The fraction of sp³-hybridized carbons (Fsp3) is 0.571. The molecule has 39 heavy (non-hydrogen) atoms. The summed E-state index contributed by atoms with van der Waals surface area (Å²) >= 11 is 0. The number of halogens is 2. The molecule has 2 saturated heterocycles. The number of carboxylic acid groups (broad SMARTS) is 1. The Bertz CT molecular complexity index is 1150. The van der Waals surface area contributed by atoms with Crippen molar-refractivity contribution >= 4 is 11.9 Å². The van der Waals surface area contributed by atoms with Gasteiger partial charge < -0.3 is 24.7 Å². The van der Waals surface area contributed by atoms with Crippen LogP contribution < -0.4 is 4.74 Å². The van der Waals surface area contributed by atoms with E-state index < -0.39 is 35.5 Å². The fourth-order valence-corrected chi connectivity index (χ4v) is 5.19. The number of aliphatic hydroxyl groups excluding tert-OH is 1. The molecule has 4 rings (SSSR count). The number of aliphatic carboxylic acids is 1. The van der Waals surface area contributed by atoms with Gasteiger partial charge in [-0.05, 0) is 56.8 Å². The van der Waals surface area contributed by atoms with E-state index in [9.17, 15) is 28.6 Å². The number of aromatic nitrogens is 2. The van der Waals surface area contributed by atoms with Crippen LogP contribution in [0.4, 0.5) is 8.78 Å². The van der Waals surface area contributed by atoms with E-state index in [-0.39, 0.29) is 24.4 Å². The second kappa shape index (κ2) is 12.3. The van der Waals surface area contributed by atoms with Gasteiger partial charge in [0, 0.05) is 25.1 Å². The number of rotatable bonds is 10. The highest BCUT2D eigenvalue weighted by Gasteiger charge is 2.40. The van der Waals surface area contributed by atoms with Crippen LogP contribution >= 0.6 is 0 Å². The maximum atomic E-state index is 14.9. The molecule has 0 saturated carbocycles. The Labute approximate surface area is 226 Å². The van der Waals surface area contributed by atoms with Crippen molar-refractivity contribution in [3.8, 4) is 17.1 Å². The monoisotopic (exact) mass is 546 g/mol. The summed E-state index contributed by atoms with van der Waals surface area (Å²) < 4.78 is 35.4. The summed E-state index contributed by atoms with van der Waals surface area (Å²) in [5, 5.41) is 19.1. The predicted octanol–water partition coefficient (Wildman–Crippen LogP) is 3.56. The number of hydrogen-bond donors (Lipinski definition) is 2. The molecule has 2 N–H and O–H groups in total. The van der Waals surface area contributed by atoms with Crippen LogP contribution in [-0.2, 0) is 4.79 Å². The summed E-state index contributed by atoms with van der Waals surface area (Å²) in [5.74, 6) is -1.78. The molecule has 2 aromatic rings. The van der Waals surface area contributed by atoms with Crippen molar-refractivity contribution in [2.24, 2.45) is 5.92 Å². The van der Waals surface area contributed by atoms with Gasteiger partial charge in [-0.25, -0.2) is 23.5 Å². The first-order chi connectivity index (χ1) is 18.6. The van der Waals surface area contributed by atoms with E-state index in [2.05, 4.69) is 14.9 Å². The molecule has 1 aromatic carbocycles. The van der Waals surface area contributed by atoms with E-state index >= 15 is 0 Å². The normalized spacial score (nSPS) is 20.8. The average Bonchev–Trinajstić information content (AvgIpc) is 3.34. The SMILES string of the molecule is CCC(F)(CC)CN1CCC(COc2cnc(-c3ccc(C(=O)N4CC(O)CC4C(=O)O)c(F)c3)nc2)CC1. The molecule has 1 aromatic heterocycles. The minimum atomic E-state index is -1.25. The Kier molecular flexibility index (Phi) is 9.12. The first-order valence-corrected chi connectivity index (χ1v) is 13.5. The summed E-state index contributed by atoms with van der Waals surface area (Å²) in [6.07, 6.45) is 4.85. The van der Waals surface area contributed by atoms with Crippen LogP contribution in [0.3, 0.4) is 0 Å². The molecule has 9 nitrogen and oxygen atoms in total. The van der Waals surface area contributed by atoms with Crippen molar-refractivity contribution in [2.75, 3.05) is 32.8 Å². The highest BCUT2D eigenvalue weighted by atomic mass is 19.1. The average molecular weight is 547 g/mol. The van der Waals surface area contributed by atoms with Gasteiger partial charge in [-0.1, -0.05) is 19.9 Å². The van der Waals surface area contributed by atoms with E-state index in [4.69, 9.17) is 4.74 Å². The van der Waals surface area contributed by atoms with Gasteiger partial charge in [0.05, 0.1) is 30.7 Å². The molecule has 0 spiro atoms. The molecular weight excluding hydrogens is 510 g/mol. The van der Waals surface area contributed by atoms with Gasteiger partial charge in [0.15, 0.2) is 11.6 Å². The Morgan fingerprint density at radius 2 is 1.82 bits per heavy atom. The zero-order valence-corrected chi connectivity index (χ0v) is 22.4. The van der Waals surface area contributed by atoms with Crippen molar-refractivity contribution in [1.29, 1.82) is 0 Å². The topological polar surface area (TPSA) is 116 Å². The number of aliphatic hydroxyl groups is 1. The second-order valence-electron chi connectivity index (χ2n) is 10.5. The van der Waals surface area contributed by atoms with Gasteiger partial charge in [0.2, 0.25) is 0 Å². The number of β-amino-alcohol motifs (C(OH)–C–C–N with tert-alkyl or cyclic N) is 1. The highest BCUT2D eigenvalue weighted by Crippen LogP contribution is 2.27. The molecule has 1 amide bonds. The molecule has 0 bridgehead atoms. The number of likely N-dealkylation sites (tertiary alicyclic amines) is 2. The Morgan fingerprint density at radius 3 is 2.41 bits per heavy atom. The fourth-order valence-electron chi connectivity index (χ4n) is 5.19. The maximum absolute atomic E-state index is 14.9. The van der Waals surface area contributed by atoms with E-state index in [1.807, 2.05) is 13.8 Å². The van der Waals surface area contributed by atoms with Gasteiger partial charge in [0.1, 0.15) is 17.5 Å². The lowest BCUT2D eigenvalue weighted by molar-refractivity contribution is -0.141. The molecule has 2 aliphatic heterocycles. The molecule has 3 heterocycles. The van der Waals surface area contributed by atoms with Crippen LogP contribution in [0.5, 0.6) is 5.75 Å². The zero-order chi connectivity index (χ0) is 28.2. The van der Waals surface area contributed by atoms with E-state index in [1.54, 1.807) is 0 Å². The summed E-state index contributed by atoms with van der Waals surface area (Å²) in [7, 11) is 0. The van der Waals surface area contributed by atoms with Crippen molar-refractivity contribution in [3.05, 3.63) is 42.0 Å². The highest BCUT2D eigenvalue weighted by molar-refractivity contribution is 5.97. The lowest BCUT2D eigenvalue weighted by atomic mass is 9.94. The van der Waals surface area contributed by atoms with Gasteiger partial charge in [-0.15, -0.1) is 0 Å². The number of carbonyl (C=O) groups is 2. The van der Waals surface area contributed by atoms with Crippen molar-refractivity contribution < 1.29 is 33.3 Å². The number of amides is 1. The van der Waals surface area contributed by atoms with Crippen LogP contribution in [0.25, 0.3) is 11.4 Å². The van der Waals surface area contributed by atoms with Gasteiger partial charge in [-0.2, -0.15) is 0 Å². The zero-order valence-electron chi connectivity index (χ0n) is 22.4. The first-order valence-electron chi connectivity index (χ1n) is 13.5. The standard InChI is InChI=1S/C28H36F2N4O5/c1-3-28(30,4-2)17-33-9-7-18(8-10-33)16-39-21-13-31-25(32-14-21)19-5-6-22(23(29)11-19)26(36)34-15-20(35)12-24(34)27(37)38/h5-6,11,13-14,18,20,24,35H,3-4,7-10,12,15-17H2,1-2H3,(H,37,38). The van der Waals surface area contributed by atoms with Crippen molar-refractivity contribution in [1.82, 2.24) is 19.8 Å². The van der Waals surface area contributed by atoms with Gasteiger partial charge in [-0.3, -0.25) is 4.79 Å². The molecule has 2 unspecified atom stereocenters. The van der Waals surface area contributed by atoms with Crippen molar-refractivity contribution in [3.63, 3.8) is 0 Å². The summed E-state index contributed by atoms with van der Waals surface area (Å²) in [6, 6.07) is 2.69. The van der Waals surface area contributed by atoms with Crippen LogP contribution in [0.2, 0.25) is 0 Å². The largest absolute Gasteiger partial charge is 0.490 e. The van der Waals surface area contributed by atoms with Crippen molar-refractivity contribution in [2.45, 2.75) is 63.8 Å². The summed E-state index contributed by atoms with van der Waals surface area (Å²) in [6.45, 7) is 6.28. The van der Waals surface area contributed by atoms with Crippen LogP contribution in [0, 0.1) is 11.7 Å². The summed E-state index contributed by atoms with van der Waals surface area (Å²) in [4.78, 5) is 35.9. The Balaban J connectivity index is 1.31. The molecule has 2 atom stereocenters. The number of carboxylic acids is 1. The second-order valence-corrected chi connectivity index (χ2v) is 10.5. The number of carbonyl (C=O) groups excluding carboxylic acids is 1. The Morgan fingerprint density at radius 1 is 1.15 bits per heavy atom. The maximum Gasteiger partial charge on any atom is 0.326 e. The third kappa shape index (κ3) is 6.88. The number of alkyl halides is 1. The van der Waals surface area contributed by atoms with Crippen LogP contribution in [0.1, 0.15) is 56.3 Å².